The molecule has 1 aliphatic carbocycles. The number of hydrogen-bond donors (Lipinski definition) is 1. The lowest BCUT2D eigenvalue weighted by atomic mass is 9.84. The molecule has 0 bridgehead atoms. The normalized spacial score (nSPS) is 18.6. The van der Waals surface area contributed by atoms with Crippen molar-refractivity contribution in [1.29, 1.82) is 0 Å². The Balaban J connectivity index is 2.33. The highest BCUT2D eigenvalue weighted by atomic mass is 79.9. The first kappa shape index (κ1) is 13.7. The zero-order chi connectivity index (χ0) is 13.0. The van der Waals surface area contributed by atoms with Crippen molar-refractivity contribution in [2.24, 2.45) is 0 Å². The van der Waals surface area contributed by atoms with E-state index in [-0.39, 0.29) is 5.60 Å². The smallest absolute Gasteiger partial charge is 0.162 e. The SMILES string of the molecule is CCNc1nc(C2(OC)CCCCC2)ncc1Br. The third kappa shape index (κ3) is 2.67. The molecule has 0 aromatic carbocycles. The van der Waals surface area contributed by atoms with Crippen LogP contribution in [0.2, 0.25) is 0 Å². The lowest BCUT2D eigenvalue weighted by Crippen LogP contribution is -2.33. The molecule has 1 N–H and O–H groups in total. The number of hydrogen-bond acceptors (Lipinski definition) is 4. The van der Waals surface area contributed by atoms with E-state index < -0.39 is 0 Å². The Labute approximate surface area is 117 Å². The van der Waals surface area contributed by atoms with Gasteiger partial charge in [-0.2, -0.15) is 0 Å². The summed E-state index contributed by atoms with van der Waals surface area (Å²) in [6.45, 7) is 2.90. The molecule has 0 atom stereocenters. The fraction of sp³-hybridized carbons (Fsp3) is 0.692. The summed E-state index contributed by atoms with van der Waals surface area (Å²) in [7, 11) is 1.77. The van der Waals surface area contributed by atoms with Crippen molar-refractivity contribution in [3.8, 4) is 0 Å². The van der Waals surface area contributed by atoms with Crippen LogP contribution < -0.4 is 5.32 Å². The molecule has 1 saturated carbocycles. The van der Waals surface area contributed by atoms with E-state index in [0.717, 1.165) is 35.5 Å². The standard InChI is InChI=1S/C13H20BrN3O/c1-3-15-11-10(14)9-16-12(17-11)13(18-2)7-5-4-6-8-13/h9H,3-8H2,1-2H3,(H,15,16,17). The number of halogens is 1. The number of nitrogens with one attached hydrogen (secondary N) is 1. The monoisotopic (exact) mass is 313 g/mol. The van der Waals surface area contributed by atoms with Gasteiger partial charge in [0.05, 0.1) is 4.47 Å². The molecule has 5 heteroatoms. The summed E-state index contributed by atoms with van der Waals surface area (Å²) in [5.41, 5.74) is -0.289. The van der Waals surface area contributed by atoms with Crippen molar-refractivity contribution >= 4 is 21.7 Å². The highest BCUT2D eigenvalue weighted by Crippen LogP contribution is 2.39. The van der Waals surface area contributed by atoms with Crippen LogP contribution in [0.4, 0.5) is 5.82 Å². The van der Waals surface area contributed by atoms with Gasteiger partial charge in [0.1, 0.15) is 11.4 Å². The Kier molecular flexibility index (Phi) is 4.56. The Morgan fingerprint density at radius 3 is 2.72 bits per heavy atom. The van der Waals surface area contributed by atoms with Crippen LogP contribution in [0.25, 0.3) is 0 Å². The molecule has 1 fully saturated rings. The maximum atomic E-state index is 5.77. The van der Waals surface area contributed by atoms with Crippen molar-refractivity contribution in [1.82, 2.24) is 9.97 Å². The topological polar surface area (TPSA) is 47.0 Å². The Morgan fingerprint density at radius 2 is 2.11 bits per heavy atom. The molecule has 1 aliphatic rings. The summed E-state index contributed by atoms with van der Waals surface area (Å²) >= 11 is 3.47. The van der Waals surface area contributed by atoms with Crippen LogP contribution in [0, 0.1) is 0 Å². The number of methoxy groups -OCH3 is 1. The molecule has 18 heavy (non-hydrogen) atoms. The largest absolute Gasteiger partial charge is 0.370 e. The highest BCUT2D eigenvalue weighted by molar-refractivity contribution is 9.10. The molecule has 1 aromatic heterocycles. The molecule has 1 heterocycles. The third-order valence-electron chi connectivity index (χ3n) is 3.55. The van der Waals surface area contributed by atoms with Gasteiger partial charge in [0, 0.05) is 19.9 Å². The average Bonchev–Trinajstić information content (AvgIpc) is 2.42. The van der Waals surface area contributed by atoms with Crippen molar-refractivity contribution in [3.63, 3.8) is 0 Å². The maximum Gasteiger partial charge on any atom is 0.162 e. The molecule has 0 spiro atoms. The summed E-state index contributed by atoms with van der Waals surface area (Å²) < 4.78 is 6.67. The van der Waals surface area contributed by atoms with E-state index in [1.165, 1.54) is 19.3 Å². The quantitative estimate of drug-likeness (QED) is 0.924. The summed E-state index contributed by atoms with van der Waals surface area (Å²) in [6.07, 6.45) is 7.48. The average molecular weight is 314 g/mol. The molecule has 100 valence electrons. The van der Waals surface area contributed by atoms with Crippen molar-refractivity contribution in [2.45, 2.75) is 44.6 Å². The van der Waals surface area contributed by atoms with Crippen molar-refractivity contribution in [2.75, 3.05) is 19.0 Å². The molecular weight excluding hydrogens is 294 g/mol. The van der Waals surface area contributed by atoms with Crippen LogP contribution >= 0.6 is 15.9 Å². The molecule has 0 aliphatic heterocycles. The molecular formula is C13H20BrN3O. The second kappa shape index (κ2) is 5.97. The Hall–Kier alpha value is -0.680. The number of aromatic nitrogens is 2. The predicted octanol–water partition coefficient (Wildman–Crippen LogP) is 3.48. The fourth-order valence-electron chi connectivity index (χ4n) is 2.52. The van der Waals surface area contributed by atoms with E-state index in [4.69, 9.17) is 4.74 Å². The van der Waals surface area contributed by atoms with Crippen LogP contribution in [-0.2, 0) is 10.3 Å². The van der Waals surface area contributed by atoms with Gasteiger partial charge in [-0.3, -0.25) is 0 Å². The van der Waals surface area contributed by atoms with Gasteiger partial charge < -0.3 is 10.1 Å². The zero-order valence-corrected chi connectivity index (χ0v) is 12.6. The van der Waals surface area contributed by atoms with Gasteiger partial charge in [-0.1, -0.05) is 19.3 Å². The lowest BCUT2D eigenvalue weighted by Gasteiger charge is -2.34. The van der Waals surface area contributed by atoms with Crippen LogP contribution in [0.15, 0.2) is 10.7 Å². The van der Waals surface area contributed by atoms with Crippen molar-refractivity contribution in [3.05, 3.63) is 16.5 Å². The van der Waals surface area contributed by atoms with Gasteiger partial charge in [0.25, 0.3) is 0 Å². The number of anilines is 1. The van der Waals surface area contributed by atoms with E-state index >= 15 is 0 Å². The van der Waals surface area contributed by atoms with Gasteiger partial charge in [0.2, 0.25) is 0 Å². The molecule has 0 radical (unpaired) electrons. The fourth-order valence-corrected chi connectivity index (χ4v) is 2.85. The van der Waals surface area contributed by atoms with Gasteiger partial charge in [-0.05, 0) is 35.7 Å². The van der Waals surface area contributed by atoms with Crippen LogP contribution in [0.1, 0.15) is 44.9 Å². The number of rotatable bonds is 4. The van der Waals surface area contributed by atoms with E-state index in [1.807, 2.05) is 6.20 Å². The molecule has 0 saturated heterocycles. The zero-order valence-electron chi connectivity index (χ0n) is 11.0. The first-order valence-corrected chi connectivity index (χ1v) is 7.33. The summed E-state index contributed by atoms with van der Waals surface area (Å²) in [6, 6.07) is 0. The van der Waals surface area contributed by atoms with Crippen LogP contribution in [0.5, 0.6) is 0 Å². The van der Waals surface area contributed by atoms with Crippen LogP contribution in [-0.4, -0.2) is 23.6 Å². The summed E-state index contributed by atoms with van der Waals surface area (Å²) in [4.78, 5) is 9.10. The first-order chi connectivity index (χ1) is 8.72. The molecule has 0 unspecified atom stereocenters. The molecule has 0 amide bonds. The predicted molar refractivity (Wildman–Crippen MR) is 75.7 cm³/mol. The van der Waals surface area contributed by atoms with E-state index in [2.05, 4.69) is 38.1 Å². The minimum absolute atomic E-state index is 0.289. The van der Waals surface area contributed by atoms with E-state index in [1.54, 1.807) is 7.11 Å². The van der Waals surface area contributed by atoms with Gasteiger partial charge in [0.15, 0.2) is 5.82 Å². The van der Waals surface area contributed by atoms with E-state index in [9.17, 15) is 0 Å². The maximum absolute atomic E-state index is 5.77. The third-order valence-corrected chi connectivity index (χ3v) is 4.13. The Morgan fingerprint density at radius 1 is 1.39 bits per heavy atom. The summed E-state index contributed by atoms with van der Waals surface area (Å²) in [5.74, 6) is 1.66. The van der Waals surface area contributed by atoms with Gasteiger partial charge in [-0.25, -0.2) is 9.97 Å². The molecule has 4 nitrogen and oxygen atoms in total. The van der Waals surface area contributed by atoms with Crippen molar-refractivity contribution < 1.29 is 4.74 Å². The molecule has 1 aromatic rings. The number of nitrogens with zero attached hydrogens (tertiary/aromatic N) is 2. The minimum Gasteiger partial charge on any atom is -0.370 e. The van der Waals surface area contributed by atoms with Crippen LogP contribution in [0.3, 0.4) is 0 Å². The van der Waals surface area contributed by atoms with Gasteiger partial charge in [-0.15, -0.1) is 0 Å². The summed E-state index contributed by atoms with van der Waals surface area (Å²) in [5, 5.41) is 3.24. The van der Waals surface area contributed by atoms with E-state index in [0.29, 0.717) is 0 Å². The second-order valence-electron chi connectivity index (χ2n) is 4.68. The first-order valence-electron chi connectivity index (χ1n) is 6.54. The van der Waals surface area contributed by atoms with Gasteiger partial charge >= 0.3 is 0 Å². The highest BCUT2D eigenvalue weighted by Gasteiger charge is 2.37. The lowest BCUT2D eigenvalue weighted by molar-refractivity contribution is -0.0514. The Bertz CT molecular complexity index is 405. The minimum atomic E-state index is -0.289. The second-order valence-corrected chi connectivity index (χ2v) is 5.53. The number of ether oxygens (including phenoxy) is 1. The molecule has 2 rings (SSSR count).